The average molecular weight is 330 g/mol. The summed E-state index contributed by atoms with van der Waals surface area (Å²) in [6.07, 6.45) is 2.15. The highest BCUT2D eigenvalue weighted by Gasteiger charge is 2.05. The number of methoxy groups -OCH3 is 1. The van der Waals surface area contributed by atoms with E-state index in [1.165, 1.54) is 22.0 Å². The Balaban J connectivity index is 1.97. The fourth-order valence-electron chi connectivity index (χ4n) is 2.52. The van der Waals surface area contributed by atoms with Crippen LogP contribution in [0.25, 0.3) is 10.9 Å². The molecule has 20 heavy (non-hydrogen) atoms. The molecule has 0 radical (unpaired) electrons. The molecule has 0 bridgehead atoms. The Bertz CT molecular complexity index is 761. The Labute approximate surface area is 127 Å². The summed E-state index contributed by atoms with van der Waals surface area (Å²) in [5, 5.41) is 1.32. The van der Waals surface area contributed by atoms with Gasteiger partial charge in [-0.3, -0.25) is 0 Å². The van der Waals surface area contributed by atoms with Gasteiger partial charge in [-0.1, -0.05) is 18.2 Å². The lowest BCUT2D eigenvalue weighted by Crippen LogP contribution is -1.98. The summed E-state index contributed by atoms with van der Waals surface area (Å²) < 4.78 is 8.53. The molecule has 0 spiro atoms. The lowest BCUT2D eigenvalue weighted by molar-refractivity contribution is 0.412. The van der Waals surface area contributed by atoms with E-state index in [2.05, 4.69) is 70.0 Å². The van der Waals surface area contributed by atoms with E-state index in [9.17, 15) is 0 Å². The highest BCUT2D eigenvalue weighted by molar-refractivity contribution is 9.10. The predicted octanol–water partition coefficient (Wildman–Crippen LogP) is 4.77. The molecule has 0 unspecified atom stereocenters. The molecule has 0 aliphatic carbocycles. The third-order valence-corrected chi connectivity index (χ3v) is 4.22. The van der Waals surface area contributed by atoms with Crippen LogP contribution in [0, 0.1) is 6.92 Å². The molecule has 3 heteroatoms. The Morgan fingerprint density at radius 1 is 1.15 bits per heavy atom. The third kappa shape index (κ3) is 2.34. The summed E-state index contributed by atoms with van der Waals surface area (Å²) in [7, 11) is 1.68. The third-order valence-electron chi connectivity index (χ3n) is 3.60. The van der Waals surface area contributed by atoms with Crippen LogP contribution in [0.1, 0.15) is 11.1 Å². The first-order valence-electron chi connectivity index (χ1n) is 6.56. The topological polar surface area (TPSA) is 14.2 Å². The average Bonchev–Trinajstić information content (AvgIpc) is 2.84. The van der Waals surface area contributed by atoms with Gasteiger partial charge in [0, 0.05) is 23.6 Å². The maximum absolute atomic E-state index is 5.27. The molecule has 2 nitrogen and oxygen atoms in total. The number of benzene rings is 2. The Kier molecular flexibility index (Phi) is 3.53. The van der Waals surface area contributed by atoms with E-state index >= 15 is 0 Å². The van der Waals surface area contributed by atoms with Crippen LogP contribution in [0.4, 0.5) is 0 Å². The van der Waals surface area contributed by atoms with E-state index in [0.29, 0.717) is 0 Å². The quantitative estimate of drug-likeness (QED) is 0.675. The molecule has 0 atom stereocenters. The number of halogens is 1. The number of fused-ring (bicyclic) bond motifs is 1. The van der Waals surface area contributed by atoms with Crippen molar-refractivity contribution in [1.29, 1.82) is 0 Å². The molecule has 0 aliphatic heterocycles. The van der Waals surface area contributed by atoms with E-state index in [1.807, 2.05) is 6.07 Å². The largest absolute Gasteiger partial charge is 0.496 e. The molecule has 0 amide bonds. The zero-order valence-corrected chi connectivity index (χ0v) is 13.1. The van der Waals surface area contributed by atoms with Gasteiger partial charge in [-0.25, -0.2) is 0 Å². The van der Waals surface area contributed by atoms with Gasteiger partial charge in [-0.05, 0) is 58.2 Å². The normalized spacial score (nSPS) is 10.9. The van der Waals surface area contributed by atoms with E-state index < -0.39 is 0 Å². The molecular weight excluding hydrogens is 314 g/mol. The number of hydrogen-bond acceptors (Lipinski definition) is 1. The van der Waals surface area contributed by atoms with Crippen molar-refractivity contribution in [3.05, 3.63) is 64.3 Å². The van der Waals surface area contributed by atoms with Crippen molar-refractivity contribution >= 4 is 26.8 Å². The van der Waals surface area contributed by atoms with Crippen molar-refractivity contribution < 1.29 is 4.74 Å². The van der Waals surface area contributed by atoms with E-state index in [-0.39, 0.29) is 0 Å². The molecule has 0 saturated heterocycles. The summed E-state index contributed by atoms with van der Waals surface area (Å²) in [6.45, 7) is 3.01. The second-order valence-corrected chi connectivity index (χ2v) is 5.77. The minimum atomic E-state index is 0.857. The second kappa shape index (κ2) is 5.33. The number of aryl methyl sites for hydroxylation is 1. The molecule has 0 saturated carbocycles. The van der Waals surface area contributed by atoms with Gasteiger partial charge in [0.15, 0.2) is 0 Å². The molecule has 0 N–H and O–H groups in total. The maximum Gasteiger partial charge on any atom is 0.133 e. The molecule has 0 aliphatic rings. The van der Waals surface area contributed by atoms with Crippen LogP contribution < -0.4 is 4.74 Å². The molecule has 2 aromatic carbocycles. The van der Waals surface area contributed by atoms with Crippen molar-refractivity contribution in [1.82, 2.24) is 4.57 Å². The standard InChI is InChI=1S/C17H16BrNO/c1-12-4-3-5-16-14(12)8-9-19(16)11-13-6-7-17(20-2)15(18)10-13/h3-10H,11H2,1-2H3. The van der Waals surface area contributed by atoms with Gasteiger partial charge < -0.3 is 9.30 Å². The van der Waals surface area contributed by atoms with E-state index in [1.54, 1.807) is 7.11 Å². The molecule has 0 fully saturated rings. The predicted molar refractivity (Wildman–Crippen MR) is 86.5 cm³/mol. The zero-order valence-electron chi connectivity index (χ0n) is 11.6. The SMILES string of the molecule is COc1ccc(Cn2ccc3c(C)cccc32)cc1Br. The Morgan fingerprint density at radius 2 is 2.00 bits per heavy atom. The summed E-state index contributed by atoms with van der Waals surface area (Å²) in [6, 6.07) is 14.8. The summed E-state index contributed by atoms with van der Waals surface area (Å²) in [4.78, 5) is 0. The van der Waals surface area contributed by atoms with Crippen LogP contribution in [0.3, 0.4) is 0 Å². The monoisotopic (exact) mass is 329 g/mol. The smallest absolute Gasteiger partial charge is 0.133 e. The van der Waals surface area contributed by atoms with Gasteiger partial charge >= 0.3 is 0 Å². The Hall–Kier alpha value is -1.74. The molecule has 102 valence electrons. The molecule has 3 aromatic rings. The van der Waals surface area contributed by atoms with Crippen LogP contribution in [0.2, 0.25) is 0 Å². The summed E-state index contributed by atoms with van der Waals surface area (Å²) >= 11 is 3.54. The van der Waals surface area contributed by atoms with Crippen molar-refractivity contribution in [2.45, 2.75) is 13.5 Å². The van der Waals surface area contributed by atoms with Crippen molar-refractivity contribution in [2.75, 3.05) is 7.11 Å². The highest BCUT2D eigenvalue weighted by atomic mass is 79.9. The minimum absolute atomic E-state index is 0.857. The second-order valence-electron chi connectivity index (χ2n) is 4.92. The van der Waals surface area contributed by atoms with E-state index in [0.717, 1.165) is 16.8 Å². The zero-order chi connectivity index (χ0) is 14.1. The lowest BCUT2D eigenvalue weighted by atomic mass is 10.1. The Morgan fingerprint density at radius 3 is 2.75 bits per heavy atom. The summed E-state index contributed by atoms with van der Waals surface area (Å²) in [5.74, 6) is 0.863. The van der Waals surface area contributed by atoms with Gasteiger partial charge in [0.25, 0.3) is 0 Å². The van der Waals surface area contributed by atoms with Gasteiger partial charge in [0.2, 0.25) is 0 Å². The van der Waals surface area contributed by atoms with Gasteiger partial charge in [-0.15, -0.1) is 0 Å². The molecular formula is C17H16BrNO. The number of ether oxygens (including phenoxy) is 1. The van der Waals surface area contributed by atoms with Crippen LogP contribution in [0.5, 0.6) is 5.75 Å². The fourth-order valence-corrected chi connectivity index (χ4v) is 3.11. The van der Waals surface area contributed by atoms with Gasteiger partial charge in [0.1, 0.15) is 5.75 Å². The van der Waals surface area contributed by atoms with Crippen molar-refractivity contribution in [3.8, 4) is 5.75 Å². The van der Waals surface area contributed by atoms with Crippen LogP contribution >= 0.6 is 15.9 Å². The molecule has 1 heterocycles. The first kappa shape index (κ1) is 13.3. The van der Waals surface area contributed by atoms with Crippen LogP contribution in [-0.2, 0) is 6.54 Å². The first-order valence-corrected chi connectivity index (χ1v) is 7.35. The molecule has 3 rings (SSSR count). The number of rotatable bonds is 3. The first-order chi connectivity index (χ1) is 9.69. The highest BCUT2D eigenvalue weighted by Crippen LogP contribution is 2.27. The maximum atomic E-state index is 5.27. The number of hydrogen-bond donors (Lipinski definition) is 0. The van der Waals surface area contributed by atoms with Crippen molar-refractivity contribution in [2.24, 2.45) is 0 Å². The lowest BCUT2D eigenvalue weighted by Gasteiger charge is -2.09. The number of aromatic nitrogens is 1. The number of nitrogens with zero attached hydrogens (tertiary/aromatic N) is 1. The summed E-state index contributed by atoms with van der Waals surface area (Å²) in [5.41, 5.74) is 3.84. The minimum Gasteiger partial charge on any atom is -0.496 e. The van der Waals surface area contributed by atoms with Crippen molar-refractivity contribution in [3.63, 3.8) is 0 Å². The molecule has 1 aromatic heterocycles. The fraction of sp³-hybridized carbons (Fsp3) is 0.176. The van der Waals surface area contributed by atoms with Gasteiger partial charge in [0.05, 0.1) is 11.6 Å². The van der Waals surface area contributed by atoms with E-state index in [4.69, 9.17) is 4.74 Å². The van der Waals surface area contributed by atoms with Gasteiger partial charge in [-0.2, -0.15) is 0 Å². The van der Waals surface area contributed by atoms with Crippen LogP contribution in [-0.4, -0.2) is 11.7 Å². The van der Waals surface area contributed by atoms with Crippen LogP contribution in [0.15, 0.2) is 53.1 Å².